The van der Waals surface area contributed by atoms with Gasteiger partial charge in [0.1, 0.15) is 27.8 Å². The molecule has 202 valence electrons. The lowest BCUT2D eigenvalue weighted by Gasteiger charge is -2.11. The summed E-state index contributed by atoms with van der Waals surface area (Å²) in [6.07, 6.45) is 8.28. The van der Waals surface area contributed by atoms with E-state index in [9.17, 15) is 8.42 Å². The van der Waals surface area contributed by atoms with Crippen molar-refractivity contribution in [3.8, 4) is 0 Å². The predicted octanol–water partition coefficient (Wildman–Crippen LogP) is 3.99. The molecular formula is C28H32N8O2S. The minimum Gasteiger partial charge on any atom is -0.370 e. The number of anilines is 3. The summed E-state index contributed by atoms with van der Waals surface area (Å²) in [6.45, 7) is 2.74. The van der Waals surface area contributed by atoms with Crippen LogP contribution in [0, 0.1) is 0 Å². The van der Waals surface area contributed by atoms with Crippen molar-refractivity contribution in [2.45, 2.75) is 19.4 Å². The first kappa shape index (κ1) is 26.5. The van der Waals surface area contributed by atoms with Crippen molar-refractivity contribution >= 4 is 49.0 Å². The number of nitrogens with zero attached hydrogens (tertiary/aromatic N) is 5. The van der Waals surface area contributed by atoms with E-state index in [4.69, 9.17) is 0 Å². The molecule has 0 fully saturated rings. The van der Waals surface area contributed by atoms with Crippen LogP contribution in [-0.2, 0) is 16.4 Å². The highest BCUT2D eigenvalue weighted by Crippen LogP contribution is 2.27. The summed E-state index contributed by atoms with van der Waals surface area (Å²) in [5.41, 5.74) is 3.94. The lowest BCUT2D eigenvalue weighted by Crippen LogP contribution is -2.23. The number of hydrogen-bond donors (Lipinski definition) is 3. The molecule has 0 saturated carbocycles. The molecule has 0 spiro atoms. The number of benzene rings is 2. The topological polar surface area (TPSA) is 127 Å². The predicted molar refractivity (Wildman–Crippen MR) is 156 cm³/mol. The van der Waals surface area contributed by atoms with Crippen molar-refractivity contribution in [3.63, 3.8) is 0 Å². The summed E-state index contributed by atoms with van der Waals surface area (Å²) in [5, 5.41) is 16.5. The average Bonchev–Trinajstić information content (AvgIpc) is 3.32. The van der Waals surface area contributed by atoms with Gasteiger partial charge in [-0.2, -0.15) is 5.10 Å². The van der Waals surface area contributed by atoms with Gasteiger partial charge in [0.2, 0.25) is 0 Å². The lowest BCUT2D eigenvalue weighted by atomic mass is 10.2. The second-order valence-corrected chi connectivity index (χ2v) is 11.8. The van der Waals surface area contributed by atoms with Gasteiger partial charge in [-0.1, -0.05) is 30.3 Å². The highest BCUT2D eigenvalue weighted by atomic mass is 32.2. The Bertz CT molecular complexity index is 1650. The molecule has 0 saturated heterocycles. The van der Waals surface area contributed by atoms with E-state index in [0.29, 0.717) is 12.4 Å². The van der Waals surface area contributed by atoms with Crippen LogP contribution in [-0.4, -0.2) is 64.8 Å². The molecule has 5 aromatic rings. The van der Waals surface area contributed by atoms with Crippen molar-refractivity contribution in [2.75, 3.05) is 42.3 Å². The molecule has 3 N–H and O–H groups in total. The van der Waals surface area contributed by atoms with Gasteiger partial charge in [0.15, 0.2) is 0 Å². The maximum Gasteiger partial charge on any atom is 0.148 e. The molecule has 2 aromatic carbocycles. The van der Waals surface area contributed by atoms with Crippen LogP contribution >= 0.6 is 0 Å². The number of aromatic nitrogens is 5. The van der Waals surface area contributed by atoms with Crippen LogP contribution in [0.4, 0.5) is 17.3 Å². The summed E-state index contributed by atoms with van der Waals surface area (Å²) >= 11 is 0. The molecule has 3 heterocycles. The number of fused-ring (bicyclic) bond motifs is 2. The monoisotopic (exact) mass is 544 g/mol. The van der Waals surface area contributed by atoms with Crippen molar-refractivity contribution in [3.05, 3.63) is 78.9 Å². The van der Waals surface area contributed by atoms with Crippen LogP contribution in [0.25, 0.3) is 21.8 Å². The maximum absolute atomic E-state index is 11.2. The van der Waals surface area contributed by atoms with Gasteiger partial charge in [0, 0.05) is 35.8 Å². The van der Waals surface area contributed by atoms with Gasteiger partial charge in [-0.3, -0.25) is 4.68 Å². The van der Waals surface area contributed by atoms with Crippen LogP contribution in [0.15, 0.2) is 73.3 Å². The number of sulfone groups is 1. The minimum absolute atomic E-state index is 0.163. The zero-order chi connectivity index (χ0) is 27.1. The lowest BCUT2D eigenvalue weighted by molar-refractivity contribution is 0.593. The Balaban J connectivity index is 1.21. The number of pyridine rings is 1. The third-order valence-corrected chi connectivity index (χ3v) is 7.28. The third kappa shape index (κ3) is 7.27. The van der Waals surface area contributed by atoms with Gasteiger partial charge in [-0.25, -0.2) is 23.4 Å². The average molecular weight is 545 g/mol. The Morgan fingerprint density at radius 3 is 2.59 bits per heavy atom. The van der Waals surface area contributed by atoms with E-state index in [2.05, 4.69) is 60.3 Å². The first-order chi connectivity index (χ1) is 18.9. The zero-order valence-corrected chi connectivity index (χ0v) is 22.7. The van der Waals surface area contributed by atoms with E-state index in [-0.39, 0.29) is 5.75 Å². The largest absolute Gasteiger partial charge is 0.370 e. The van der Waals surface area contributed by atoms with Crippen molar-refractivity contribution < 1.29 is 8.42 Å². The second kappa shape index (κ2) is 12.2. The van der Waals surface area contributed by atoms with E-state index >= 15 is 0 Å². The molecule has 0 radical (unpaired) electrons. The summed E-state index contributed by atoms with van der Waals surface area (Å²) in [5.74, 6) is 1.62. The zero-order valence-electron chi connectivity index (χ0n) is 21.8. The Morgan fingerprint density at radius 1 is 0.897 bits per heavy atom. The minimum atomic E-state index is -2.92. The fraction of sp³-hybridized carbons (Fsp3) is 0.286. The first-order valence-electron chi connectivity index (χ1n) is 12.9. The summed E-state index contributed by atoms with van der Waals surface area (Å²) in [4.78, 5) is 13.3. The molecule has 0 aliphatic rings. The van der Waals surface area contributed by atoms with E-state index in [1.165, 1.54) is 18.1 Å². The molecule has 11 heteroatoms. The third-order valence-electron chi connectivity index (χ3n) is 6.34. The number of unbranched alkanes of at least 4 members (excludes halogenated alkanes) is 1. The molecule has 3 aromatic heterocycles. The highest BCUT2D eigenvalue weighted by Gasteiger charge is 2.09. The molecule has 0 atom stereocenters. The van der Waals surface area contributed by atoms with Crippen molar-refractivity contribution in [1.29, 1.82) is 0 Å². The Hall–Kier alpha value is -4.09. The van der Waals surface area contributed by atoms with E-state index in [0.717, 1.165) is 65.8 Å². The summed E-state index contributed by atoms with van der Waals surface area (Å²) in [6, 6.07) is 18.4. The van der Waals surface area contributed by atoms with Gasteiger partial charge in [-0.05, 0) is 49.2 Å². The standard InChI is InChI=1S/C28H32N8O2S/c1-39(37,38)14-13-29-11-5-6-12-30-27-16-24-25(18-31-27)32-20-33-28(24)35-23-9-10-26-22(15-23)17-34-36(26)19-21-7-3-2-4-8-21/h2-4,7-10,15-18,20,29H,5-6,11-14,19H2,1H3,(H,30,31)(H,32,33,35). The Morgan fingerprint density at radius 2 is 1.74 bits per heavy atom. The Labute approximate surface area is 227 Å². The molecule has 0 aliphatic heterocycles. The van der Waals surface area contributed by atoms with Gasteiger partial charge in [-0.15, -0.1) is 0 Å². The van der Waals surface area contributed by atoms with Gasteiger partial charge in [0.05, 0.1) is 35.7 Å². The van der Waals surface area contributed by atoms with E-state index in [1.54, 1.807) is 6.20 Å². The number of rotatable bonds is 13. The molecule has 0 unspecified atom stereocenters. The fourth-order valence-corrected chi connectivity index (χ4v) is 4.83. The van der Waals surface area contributed by atoms with Crippen LogP contribution in [0.2, 0.25) is 0 Å². The van der Waals surface area contributed by atoms with Crippen LogP contribution in [0.3, 0.4) is 0 Å². The number of hydrogen-bond acceptors (Lipinski definition) is 9. The summed E-state index contributed by atoms with van der Waals surface area (Å²) < 4.78 is 24.4. The van der Waals surface area contributed by atoms with Crippen LogP contribution in [0.5, 0.6) is 0 Å². The number of nitrogens with one attached hydrogen (secondary N) is 3. The molecule has 5 rings (SSSR count). The molecule has 10 nitrogen and oxygen atoms in total. The van der Waals surface area contributed by atoms with Gasteiger partial charge in [0.25, 0.3) is 0 Å². The molecule has 0 bridgehead atoms. The fourth-order valence-electron chi connectivity index (χ4n) is 4.31. The normalized spacial score (nSPS) is 11.7. The van der Waals surface area contributed by atoms with Crippen LogP contribution in [0.1, 0.15) is 18.4 Å². The highest BCUT2D eigenvalue weighted by molar-refractivity contribution is 7.90. The smallest absolute Gasteiger partial charge is 0.148 e. The van der Waals surface area contributed by atoms with Gasteiger partial charge >= 0.3 is 0 Å². The Kier molecular flexibility index (Phi) is 8.28. The molecule has 0 amide bonds. The second-order valence-electron chi connectivity index (χ2n) is 9.51. The molecule has 39 heavy (non-hydrogen) atoms. The van der Waals surface area contributed by atoms with Gasteiger partial charge < -0.3 is 16.0 Å². The van der Waals surface area contributed by atoms with E-state index < -0.39 is 9.84 Å². The van der Waals surface area contributed by atoms with Crippen molar-refractivity contribution in [1.82, 2.24) is 30.0 Å². The first-order valence-corrected chi connectivity index (χ1v) is 15.0. The SMILES string of the molecule is CS(=O)(=O)CCNCCCCNc1cc2c(Nc3ccc4c(cnn4Cc4ccccc4)c3)ncnc2cn1. The molecular weight excluding hydrogens is 512 g/mol. The maximum atomic E-state index is 11.2. The van der Waals surface area contributed by atoms with Crippen molar-refractivity contribution in [2.24, 2.45) is 0 Å². The summed E-state index contributed by atoms with van der Waals surface area (Å²) in [7, 11) is -2.92. The quantitative estimate of drug-likeness (QED) is 0.189. The molecule has 0 aliphatic carbocycles. The van der Waals surface area contributed by atoms with Crippen LogP contribution < -0.4 is 16.0 Å². The van der Waals surface area contributed by atoms with E-state index in [1.807, 2.05) is 41.2 Å².